The zero-order valence-electron chi connectivity index (χ0n) is 16.7. The number of rotatable bonds is 8. The molecule has 0 saturated carbocycles. The van der Waals surface area contributed by atoms with Gasteiger partial charge < -0.3 is 9.84 Å². The number of β-amino-alcohol motifs (C(OH)–C–C–N with tert-alkyl or cyclic N) is 1. The summed E-state index contributed by atoms with van der Waals surface area (Å²) < 4.78 is 32.7. The van der Waals surface area contributed by atoms with Crippen LogP contribution in [0.5, 0.6) is 0 Å². The fraction of sp³-hybridized carbons (Fsp3) is 0.429. The first kappa shape index (κ1) is 23.5. The minimum absolute atomic E-state index is 0.154. The normalized spacial score (nSPS) is 18.3. The quantitative estimate of drug-likeness (QED) is 0.636. The average molecular weight is 473 g/mol. The molecule has 3 rings (SSSR count). The van der Waals surface area contributed by atoms with Crippen LogP contribution in [-0.4, -0.2) is 68.2 Å². The van der Waals surface area contributed by atoms with E-state index in [4.69, 9.17) is 27.9 Å². The summed E-state index contributed by atoms with van der Waals surface area (Å²) in [6.07, 6.45) is -0.808. The van der Waals surface area contributed by atoms with Crippen LogP contribution in [0.3, 0.4) is 0 Å². The van der Waals surface area contributed by atoms with Gasteiger partial charge in [-0.3, -0.25) is 4.90 Å². The molecule has 0 amide bonds. The van der Waals surface area contributed by atoms with E-state index in [0.717, 1.165) is 5.56 Å². The van der Waals surface area contributed by atoms with Gasteiger partial charge in [0.15, 0.2) is 0 Å². The monoisotopic (exact) mass is 472 g/mol. The molecular formula is C21H26Cl2N2O4S. The average Bonchev–Trinajstić information content (AvgIpc) is 2.73. The topological polar surface area (TPSA) is 70.1 Å². The minimum atomic E-state index is -3.53. The van der Waals surface area contributed by atoms with Crippen LogP contribution >= 0.6 is 23.2 Å². The molecule has 6 nitrogen and oxygen atoms in total. The van der Waals surface area contributed by atoms with Gasteiger partial charge in [0.2, 0.25) is 10.0 Å². The van der Waals surface area contributed by atoms with Crippen LogP contribution in [0.4, 0.5) is 0 Å². The highest BCUT2D eigenvalue weighted by atomic mass is 35.5. The van der Waals surface area contributed by atoms with Crippen molar-refractivity contribution < 1.29 is 18.3 Å². The molecule has 1 N–H and O–H groups in total. The van der Waals surface area contributed by atoms with Gasteiger partial charge in [0.25, 0.3) is 0 Å². The van der Waals surface area contributed by atoms with E-state index in [-0.39, 0.29) is 17.6 Å². The predicted molar refractivity (Wildman–Crippen MR) is 118 cm³/mol. The molecule has 1 heterocycles. The zero-order valence-corrected chi connectivity index (χ0v) is 19.1. The van der Waals surface area contributed by atoms with E-state index in [0.29, 0.717) is 42.8 Å². The van der Waals surface area contributed by atoms with Crippen LogP contribution in [-0.2, 0) is 14.8 Å². The SMILES string of the molecule is C[C@H](OC[C@H](O)CN1CCN(S(=O)(=O)c2ccc(Cl)cc2)CC1)c1ccc(Cl)cc1. The first-order chi connectivity index (χ1) is 14.3. The molecule has 0 spiro atoms. The summed E-state index contributed by atoms with van der Waals surface area (Å²) in [5.41, 5.74) is 0.993. The van der Waals surface area contributed by atoms with E-state index in [1.807, 2.05) is 31.2 Å². The minimum Gasteiger partial charge on any atom is -0.389 e. The summed E-state index contributed by atoms with van der Waals surface area (Å²) in [5, 5.41) is 11.5. The second kappa shape index (κ2) is 10.4. The van der Waals surface area contributed by atoms with Crippen LogP contribution in [0.1, 0.15) is 18.6 Å². The summed E-state index contributed by atoms with van der Waals surface area (Å²) in [5.74, 6) is 0. The molecule has 0 bridgehead atoms. The molecule has 1 saturated heterocycles. The van der Waals surface area contributed by atoms with Crippen molar-refractivity contribution in [2.24, 2.45) is 0 Å². The van der Waals surface area contributed by atoms with Crippen LogP contribution < -0.4 is 0 Å². The van der Waals surface area contributed by atoms with Crippen molar-refractivity contribution in [3.63, 3.8) is 0 Å². The molecule has 9 heteroatoms. The highest BCUT2D eigenvalue weighted by Gasteiger charge is 2.29. The van der Waals surface area contributed by atoms with Crippen molar-refractivity contribution in [1.82, 2.24) is 9.21 Å². The fourth-order valence-electron chi connectivity index (χ4n) is 3.34. The van der Waals surface area contributed by atoms with Crippen molar-refractivity contribution in [2.75, 3.05) is 39.3 Å². The predicted octanol–water partition coefficient (Wildman–Crippen LogP) is 3.44. The molecule has 2 aromatic carbocycles. The summed E-state index contributed by atoms with van der Waals surface area (Å²) >= 11 is 11.7. The molecule has 1 fully saturated rings. The third kappa shape index (κ3) is 6.17. The van der Waals surface area contributed by atoms with E-state index in [9.17, 15) is 13.5 Å². The fourth-order valence-corrected chi connectivity index (χ4v) is 5.02. The largest absolute Gasteiger partial charge is 0.389 e. The third-order valence-corrected chi connectivity index (χ3v) is 7.55. The van der Waals surface area contributed by atoms with Crippen molar-refractivity contribution in [3.05, 3.63) is 64.1 Å². The lowest BCUT2D eigenvalue weighted by Gasteiger charge is -2.35. The Morgan fingerprint density at radius 3 is 2.07 bits per heavy atom. The summed E-state index contributed by atoms with van der Waals surface area (Å²) in [4.78, 5) is 2.29. The van der Waals surface area contributed by atoms with Gasteiger partial charge in [-0.25, -0.2) is 8.42 Å². The Kier molecular flexibility index (Phi) is 8.15. The molecule has 164 valence electrons. The molecule has 0 unspecified atom stereocenters. The number of hydrogen-bond donors (Lipinski definition) is 1. The number of sulfonamides is 1. The number of piperazine rings is 1. The number of nitrogens with zero attached hydrogens (tertiary/aromatic N) is 2. The molecule has 1 aliphatic heterocycles. The number of benzene rings is 2. The molecule has 1 aliphatic rings. The summed E-state index contributed by atoms with van der Waals surface area (Å²) in [7, 11) is -3.53. The van der Waals surface area contributed by atoms with Crippen LogP contribution in [0, 0.1) is 0 Å². The van der Waals surface area contributed by atoms with E-state index < -0.39 is 16.1 Å². The first-order valence-electron chi connectivity index (χ1n) is 9.79. The van der Waals surface area contributed by atoms with E-state index in [1.165, 1.54) is 16.4 Å². The van der Waals surface area contributed by atoms with Gasteiger partial charge in [0.1, 0.15) is 0 Å². The Hall–Kier alpha value is -1.19. The van der Waals surface area contributed by atoms with Crippen LogP contribution in [0.15, 0.2) is 53.4 Å². The second-order valence-corrected chi connectivity index (χ2v) is 10.2. The number of ether oxygens (including phenoxy) is 1. The van der Waals surface area contributed by atoms with E-state index in [1.54, 1.807) is 12.1 Å². The van der Waals surface area contributed by atoms with Gasteiger partial charge in [0.05, 0.1) is 23.7 Å². The lowest BCUT2D eigenvalue weighted by molar-refractivity contribution is -0.0186. The lowest BCUT2D eigenvalue weighted by atomic mass is 10.1. The summed E-state index contributed by atoms with van der Waals surface area (Å²) in [6, 6.07) is 13.6. The highest BCUT2D eigenvalue weighted by Crippen LogP contribution is 2.21. The molecule has 0 radical (unpaired) electrons. The van der Waals surface area contributed by atoms with Gasteiger partial charge in [0, 0.05) is 42.8 Å². The Balaban J connectivity index is 1.44. The highest BCUT2D eigenvalue weighted by molar-refractivity contribution is 7.89. The maximum Gasteiger partial charge on any atom is 0.243 e. The van der Waals surface area contributed by atoms with E-state index >= 15 is 0 Å². The Labute approximate surface area is 188 Å². The molecule has 2 aromatic rings. The van der Waals surface area contributed by atoms with Gasteiger partial charge >= 0.3 is 0 Å². The Morgan fingerprint density at radius 2 is 1.50 bits per heavy atom. The lowest BCUT2D eigenvalue weighted by Crippen LogP contribution is -2.50. The number of aliphatic hydroxyl groups excluding tert-OH is 1. The molecule has 0 aromatic heterocycles. The molecule has 30 heavy (non-hydrogen) atoms. The molecular weight excluding hydrogens is 447 g/mol. The molecule has 0 aliphatic carbocycles. The van der Waals surface area contributed by atoms with Crippen molar-refractivity contribution in [3.8, 4) is 0 Å². The second-order valence-electron chi connectivity index (χ2n) is 7.34. The van der Waals surface area contributed by atoms with Crippen LogP contribution in [0.25, 0.3) is 0 Å². The van der Waals surface area contributed by atoms with Gasteiger partial charge in [-0.2, -0.15) is 4.31 Å². The Morgan fingerprint density at radius 1 is 0.967 bits per heavy atom. The number of hydrogen-bond acceptors (Lipinski definition) is 5. The molecule has 2 atom stereocenters. The zero-order chi connectivity index (χ0) is 21.7. The van der Waals surface area contributed by atoms with Crippen molar-refractivity contribution >= 4 is 33.2 Å². The van der Waals surface area contributed by atoms with Gasteiger partial charge in [-0.1, -0.05) is 35.3 Å². The first-order valence-corrected chi connectivity index (χ1v) is 12.0. The van der Waals surface area contributed by atoms with Gasteiger partial charge in [-0.05, 0) is 48.9 Å². The summed E-state index contributed by atoms with van der Waals surface area (Å²) in [6.45, 7) is 4.41. The van der Waals surface area contributed by atoms with Crippen molar-refractivity contribution in [2.45, 2.75) is 24.0 Å². The maximum absolute atomic E-state index is 12.7. The maximum atomic E-state index is 12.7. The number of halogens is 2. The smallest absolute Gasteiger partial charge is 0.243 e. The van der Waals surface area contributed by atoms with Crippen LogP contribution in [0.2, 0.25) is 10.0 Å². The number of aliphatic hydroxyl groups is 1. The standard InChI is InChI=1S/C21H26Cl2N2O4S/c1-16(17-2-4-18(22)5-3-17)29-15-20(26)14-24-10-12-25(13-11-24)30(27,28)21-8-6-19(23)7-9-21/h2-9,16,20,26H,10-15H2,1H3/t16-,20+/m0/s1. The van der Waals surface area contributed by atoms with Gasteiger partial charge in [-0.15, -0.1) is 0 Å². The third-order valence-electron chi connectivity index (χ3n) is 5.13. The Bertz CT molecular complexity index is 915. The van der Waals surface area contributed by atoms with E-state index in [2.05, 4.69) is 4.90 Å². The van der Waals surface area contributed by atoms with Crippen molar-refractivity contribution in [1.29, 1.82) is 0 Å².